The molecular formula is C9H10BrFO2S. The van der Waals surface area contributed by atoms with Gasteiger partial charge in [-0.1, -0.05) is 0 Å². The van der Waals surface area contributed by atoms with Crippen molar-refractivity contribution >= 4 is 33.2 Å². The van der Waals surface area contributed by atoms with E-state index in [9.17, 15) is 9.18 Å². The summed E-state index contributed by atoms with van der Waals surface area (Å²) in [6, 6.07) is 3.28. The molecule has 78 valence electrons. The van der Waals surface area contributed by atoms with E-state index in [1.54, 1.807) is 19.1 Å². The molecule has 5 heteroatoms. The molecule has 0 saturated heterocycles. The molecular weight excluding hydrogens is 271 g/mol. The Hall–Kier alpha value is -0.420. The molecule has 0 aliphatic carbocycles. The molecule has 0 saturated carbocycles. The molecule has 14 heavy (non-hydrogen) atoms. The predicted molar refractivity (Wildman–Crippen MR) is 57.1 cm³/mol. The molecule has 0 radical (unpaired) electrons. The molecule has 1 rings (SSSR count). The van der Waals surface area contributed by atoms with Gasteiger partial charge in [0.2, 0.25) is 5.67 Å². The Labute approximate surface area is 94.2 Å². The van der Waals surface area contributed by atoms with Crippen molar-refractivity contribution in [1.29, 1.82) is 0 Å². The van der Waals surface area contributed by atoms with Crippen molar-refractivity contribution in [3.8, 4) is 0 Å². The lowest BCUT2D eigenvalue weighted by Gasteiger charge is -2.16. The monoisotopic (exact) mass is 280 g/mol. The van der Waals surface area contributed by atoms with Gasteiger partial charge in [-0.25, -0.2) is 9.18 Å². The number of carbonyl (C=O) groups is 1. The van der Waals surface area contributed by atoms with Crippen molar-refractivity contribution in [2.24, 2.45) is 0 Å². The fourth-order valence-corrected chi connectivity index (χ4v) is 2.35. The van der Waals surface area contributed by atoms with Crippen molar-refractivity contribution in [3.05, 3.63) is 20.8 Å². The normalized spacial score (nSPS) is 14.9. The number of hydrogen-bond acceptors (Lipinski definition) is 3. The van der Waals surface area contributed by atoms with Gasteiger partial charge in [-0.2, -0.15) is 0 Å². The molecule has 0 aliphatic rings. The molecule has 1 aromatic rings. The molecule has 0 aromatic carbocycles. The van der Waals surface area contributed by atoms with Gasteiger partial charge in [0.05, 0.1) is 15.3 Å². The third-order valence-electron chi connectivity index (χ3n) is 1.69. The molecule has 0 spiro atoms. The summed E-state index contributed by atoms with van der Waals surface area (Å²) in [5, 5.41) is 0. The Bertz CT molecular complexity index is 335. The zero-order chi connectivity index (χ0) is 10.8. The first-order valence-electron chi connectivity index (χ1n) is 4.10. The summed E-state index contributed by atoms with van der Waals surface area (Å²) in [7, 11) is 0. The van der Waals surface area contributed by atoms with Gasteiger partial charge >= 0.3 is 5.97 Å². The predicted octanol–water partition coefficient (Wildman–Crippen LogP) is 3.26. The molecule has 1 unspecified atom stereocenters. The Morgan fingerprint density at radius 3 is 2.79 bits per heavy atom. The van der Waals surface area contributed by atoms with Crippen LogP contribution in [0.25, 0.3) is 0 Å². The van der Waals surface area contributed by atoms with Crippen LogP contribution in [0.1, 0.15) is 18.7 Å². The second-order valence-corrected chi connectivity index (χ2v) is 5.29. The maximum Gasteiger partial charge on any atom is 0.349 e. The van der Waals surface area contributed by atoms with Crippen LogP contribution in [0.3, 0.4) is 0 Å². The molecule has 0 aliphatic heterocycles. The standard InChI is InChI=1S/C9H10BrFO2S/c1-3-13-8(12)9(2,11)6-4-5-7(10)14-6/h4-5H,3H2,1-2H3. The number of thiophene rings is 1. The van der Waals surface area contributed by atoms with Crippen molar-refractivity contribution in [2.45, 2.75) is 19.5 Å². The fraction of sp³-hybridized carbons (Fsp3) is 0.444. The quantitative estimate of drug-likeness (QED) is 0.795. The number of carbonyl (C=O) groups excluding carboxylic acids is 1. The summed E-state index contributed by atoms with van der Waals surface area (Å²) in [6.07, 6.45) is 0. The van der Waals surface area contributed by atoms with E-state index in [4.69, 9.17) is 0 Å². The first-order chi connectivity index (χ1) is 6.48. The van der Waals surface area contributed by atoms with Crippen LogP contribution >= 0.6 is 27.3 Å². The lowest BCUT2D eigenvalue weighted by Crippen LogP contribution is -2.28. The average molecular weight is 281 g/mol. The molecule has 0 N–H and O–H groups in total. The van der Waals surface area contributed by atoms with Crippen LogP contribution in [0.4, 0.5) is 4.39 Å². The van der Waals surface area contributed by atoms with Gasteiger partial charge in [0.15, 0.2) is 0 Å². The van der Waals surface area contributed by atoms with Crippen LogP contribution in [0, 0.1) is 0 Å². The van der Waals surface area contributed by atoms with E-state index in [2.05, 4.69) is 20.7 Å². The third-order valence-corrected chi connectivity index (χ3v) is 3.52. The summed E-state index contributed by atoms with van der Waals surface area (Å²) in [5.74, 6) is -0.839. The highest BCUT2D eigenvalue weighted by atomic mass is 79.9. The highest BCUT2D eigenvalue weighted by Crippen LogP contribution is 2.34. The molecule has 1 atom stereocenters. The van der Waals surface area contributed by atoms with E-state index in [0.717, 1.165) is 3.79 Å². The molecule has 0 amide bonds. The number of ether oxygens (including phenoxy) is 1. The van der Waals surface area contributed by atoms with Gasteiger partial charge < -0.3 is 4.74 Å². The summed E-state index contributed by atoms with van der Waals surface area (Å²) in [4.78, 5) is 11.6. The minimum Gasteiger partial charge on any atom is -0.463 e. The number of esters is 1. The van der Waals surface area contributed by atoms with Crippen molar-refractivity contribution in [3.63, 3.8) is 0 Å². The fourth-order valence-electron chi connectivity index (χ4n) is 0.934. The van der Waals surface area contributed by atoms with E-state index in [0.29, 0.717) is 4.88 Å². The largest absolute Gasteiger partial charge is 0.463 e. The summed E-state index contributed by atoms with van der Waals surface area (Å²) in [6.45, 7) is 3.05. The van der Waals surface area contributed by atoms with Crippen LogP contribution in [0.15, 0.2) is 15.9 Å². The van der Waals surface area contributed by atoms with Crippen LogP contribution in [-0.4, -0.2) is 12.6 Å². The van der Waals surface area contributed by atoms with Crippen LogP contribution in [0.2, 0.25) is 0 Å². The smallest absolute Gasteiger partial charge is 0.349 e. The molecule has 1 heterocycles. The van der Waals surface area contributed by atoms with Crippen LogP contribution in [-0.2, 0) is 15.2 Å². The summed E-state index contributed by atoms with van der Waals surface area (Å²) in [5.41, 5.74) is -2.05. The average Bonchev–Trinajstić information content (AvgIpc) is 2.52. The third kappa shape index (κ3) is 2.33. The Balaban J connectivity index is 2.89. The number of alkyl halides is 1. The van der Waals surface area contributed by atoms with E-state index in [-0.39, 0.29) is 6.61 Å². The molecule has 0 fully saturated rings. The lowest BCUT2D eigenvalue weighted by molar-refractivity contribution is -0.156. The van der Waals surface area contributed by atoms with Gasteiger partial charge in [-0.05, 0) is 41.9 Å². The van der Waals surface area contributed by atoms with E-state index < -0.39 is 11.6 Å². The van der Waals surface area contributed by atoms with Crippen molar-refractivity contribution in [1.82, 2.24) is 0 Å². The lowest BCUT2D eigenvalue weighted by atomic mass is 10.1. The van der Waals surface area contributed by atoms with Crippen LogP contribution in [0.5, 0.6) is 0 Å². The highest BCUT2D eigenvalue weighted by molar-refractivity contribution is 9.11. The molecule has 0 bridgehead atoms. The maximum absolute atomic E-state index is 13.9. The first kappa shape index (κ1) is 11.7. The number of rotatable bonds is 3. The second-order valence-electron chi connectivity index (χ2n) is 2.83. The minimum absolute atomic E-state index is 0.185. The summed E-state index contributed by atoms with van der Waals surface area (Å²) < 4.78 is 19.4. The van der Waals surface area contributed by atoms with E-state index in [1.165, 1.54) is 18.3 Å². The van der Waals surface area contributed by atoms with Gasteiger partial charge in [-0.3, -0.25) is 0 Å². The maximum atomic E-state index is 13.9. The van der Waals surface area contributed by atoms with Gasteiger partial charge in [0.25, 0.3) is 0 Å². The van der Waals surface area contributed by atoms with E-state index >= 15 is 0 Å². The zero-order valence-corrected chi connectivity index (χ0v) is 10.2. The van der Waals surface area contributed by atoms with Crippen LogP contribution < -0.4 is 0 Å². The Morgan fingerprint density at radius 1 is 1.71 bits per heavy atom. The Morgan fingerprint density at radius 2 is 2.36 bits per heavy atom. The zero-order valence-electron chi connectivity index (χ0n) is 7.84. The highest BCUT2D eigenvalue weighted by Gasteiger charge is 2.38. The van der Waals surface area contributed by atoms with E-state index in [1.807, 2.05) is 0 Å². The van der Waals surface area contributed by atoms with Gasteiger partial charge in [0, 0.05) is 0 Å². The van der Waals surface area contributed by atoms with Gasteiger partial charge in [0.1, 0.15) is 0 Å². The van der Waals surface area contributed by atoms with Gasteiger partial charge in [-0.15, -0.1) is 11.3 Å². The second kappa shape index (κ2) is 4.40. The minimum atomic E-state index is -2.05. The first-order valence-corrected chi connectivity index (χ1v) is 5.71. The number of hydrogen-bond donors (Lipinski definition) is 0. The SMILES string of the molecule is CCOC(=O)C(C)(F)c1ccc(Br)s1. The molecule has 2 nitrogen and oxygen atoms in total. The van der Waals surface area contributed by atoms with Crippen molar-refractivity contribution in [2.75, 3.05) is 6.61 Å². The summed E-state index contributed by atoms with van der Waals surface area (Å²) >= 11 is 4.40. The Kier molecular flexibility index (Phi) is 3.66. The topological polar surface area (TPSA) is 26.3 Å². The molecule has 1 aromatic heterocycles. The van der Waals surface area contributed by atoms with Crippen molar-refractivity contribution < 1.29 is 13.9 Å². The number of halogens is 2.